The predicted octanol–water partition coefficient (Wildman–Crippen LogP) is 3.58. The van der Waals surface area contributed by atoms with Crippen molar-refractivity contribution in [3.8, 4) is 0 Å². The molecule has 2 heterocycles. The molecule has 5 heteroatoms. The lowest BCUT2D eigenvalue weighted by Crippen LogP contribution is -2.43. The first-order chi connectivity index (χ1) is 12.4. The molecule has 1 fully saturated rings. The summed E-state index contributed by atoms with van der Waals surface area (Å²) in [5.41, 5.74) is 2.59. The molecule has 1 aliphatic rings. The van der Waals surface area contributed by atoms with Crippen molar-refractivity contribution >= 4 is 16.5 Å². The fourth-order valence-corrected chi connectivity index (χ4v) is 4.02. The first kappa shape index (κ1) is 16.2. The number of hydrogen-bond acceptors (Lipinski definition) is 5. The molecule has 0 amide bonds. The van der Waals surface area contributed by atoms with Crippen LogP contribution in [0, 0.1) is 0 Å². The highest BCUT2D eigenvalue weighted by Crippen LogP contribution is 2.25. The highest BCUT2D eigenvalue weighted by atomic mass is 32.1. The monoisotopic (exact) mass is 351 g/mol. The molecule has 25 heavy (non-hydrogen) atoms. The number of ether oxygens (including phenoxy) is 1. The Bertz CT molecular complexity index is 791. The Labute approximate surface area is 152 Å². The van der Waals surface area contributed by atoms with Crippen LogP contribution >= 0.6 is 11.3 Å². The van der Waals surface area contributed by atoms with E-state index in [2.05, 4.69) is 63.6 Å². The second-order valence-electron chi connectivity index (χ2n) is 6.27. The molecule has 1 aliphatic heterocycles. The predicted molar refractivity (Wildman–Crippen MR) is 101 cm³/mol. The van der Waals surface area contributed by atoms with Crippen molar-refractivity contribution in [2.24, 2.45) is 0 Å². The van der Waals surface area contributed by atoms with Gasteiger partial charge in [-0.25, -0.2) is 0 Å². The minimum absolute atomic E-state index is 0.206. The molecule has 0 bridgehead atoms. The third-order valence-electron chi connectivity index (χ3n) is 4.37. The van der Waals surface area contributed by atoms with Gasteiger partial charge in [-0.1, -0.05) is 72.0 Å². The third kappa shape index (κ3) is 4.24. The summed E-state index contributed by atoms with van der Waals surface area (Å²) in [6.07, 6.45) is 1.99. The van der Waals surface area contributed by atoms with Gasteiger partial charge in [0.25, 0.3) is 0 Å². The highest BCUT2D eigenvalue weighted by Gasteiger charge is 2.23. The van der Waals surface area contributed by atoms with Crippen LogP contribution in [0.15, 0.2) is 60.7 Å². The van der Waals surface area contributed by atoms with Gasteiger partial charge < -0.3 is 9.64 Å². The van der Waals surface area contributed by atoms with Crippen molar-refractivity contribution in [3.05, 3.63) is 76.8 Å². The summed E-state index contributed by atoms with van der Waals surface area (Å²) >= 11 is 1.69. The van der Waals surface area contributed by atoms with E-state index < -0.39 is 0 Å². The van der Waals surface area contributed by atoms with Crippen LogP contribution in [0.5, 0.6) is 0 Å². The SMILES string of the molecule is c1ccc(Cc2nnc(N3CCOC(Cc4ccccc4)C3)s2)cc1. The van der Waals surface area contributed by atoms with Gasteiger partial charge in [-0.2, -0.15) is 0 Å². The van der Waals surface area contributed by atoms with Crippen molar-refractivity contribution in [2.75, 3.05) is 24.6 Å². The molecule has 0 radical (unpaired) electrons. The summed E-state index contributed by atoms with van der Waals surface area (Å²) in [7, 11) is 0. The van der Waals surface area contributed by atoms with E-state index in [-0.39, 0.29) is 6.10 Å². The molecule has 3 aromatic rings. The minimum Gasteiger partial charge on any atom is -0.374 e. The number of morpholine rings is 1. The van der Waals surface area contributed by atoms with Gasteiger partial charge in [0.1, 0.15) is 5.01 Å². The molecule has 1 saturated heterocycles. The van der Waals surface area contributed by atoms with Crippen LogP contribution in [0.1, 0.15) is 16.1 Å². The largest absolute Gasteiger partial charge is 0.374 e. The Hall–Kier alpha value is -2.24. The highest BCUT2D eigenvalue weighted by molar-refractivity contribution is 7.15. The zero-order chi connectivity index (χ0) is 16.9. The average Bonchev–Trinajstić information content (AvgIpc) is 3.12. The topological polar surface area (TPSA) is 38.2 Å². The van der Waals surface area contributed by atoms with E-state index in [1.54, 1.807) is 11.3 Å². The van der Waals surface area contributed by atoms with Crippen LogP contribution in [0.25, 0.3) is 0 Å². The van der Waals surface area contributed by atoms with E-state index >= 15 is 0 Å². The third-order valence-corrected chi connectivity index (χ3v) is 5.35. The summed E-state index contributed by atoms with van der Waals surface area (Å²) in [5.74, 6) is 0. The second kappa shape index (κ2) is 7.76. The van der Waals surface area contributed by atoms with Gasteiger partial charge in [0.15, 0.2) is 0 Å². The molecule has 128 valence electrons. The molecule has 4 nitrogen and oxygen atoms in total. The molecule has 0 spiro atoms. The summed E-state index contributed by atoms with van der Waals surface area (Å²) in [4.78, 5) is 2.31. The molecule has 0 aliphatic carbocycles. The molecule has 4 rings (SSSR count). The van der Waals surface area contributed by atoms with Gasteiger partial charge in [-0.3, -0.25) is 0 Å². The van der Waals surface area contributed by atoms with E-state index in [0.717, 1.165) is 42.7 Å². The van der Waals surface area contributed by atoms with Gasteiger partial charge in [0.05, 0.1) is 12.7 Å². The van der Waals surface area contributed by atoms with Crippen LogP contribution in [-0.2, 0) is 17.6 Å². The first-order valence-electron chi connectivity index (χ1n) is 8.63. The van der Waals surface area contributed by atoms with Gasteiger partial charge in [-0.05, 0) is 11.1 Å². The van der Waals surface area contributed by atoms with Gasteiger partial charge in [0, 0.05) is 25.9 Å². The number of hydrogen-bond donors (Lipinski definition) is 0. The number of rotatable bonds is 5. The van der Waals surface area contributed by atoms with E-state index in [1.165, 1.54) is 11.1 Å². The fourth-order valence-electron chi connectivity index (χ4n) is 3.11. The molecular weight excluding hydrogens is 330 g/mol. The van der Waals surface area contributed by atoms with Gasteiger partial charge >= 0.3 is 0 Å². The number of aromatic nitrogens is 2. The minimum atomic E-state index is 0.206. The van der Waals surface area contributed by atoms with Gasteiger partial charge in [0.2, 0.25) is 5.13 Å². The van der Waals surface area contributed by atoms with Crippen LogP contribution < -0.4 is 4.90 Å². The van der Waals surface area contributed by atoms with Crippen molar-refractivity contribution in [1.29, 1.82) is 0 Å². The molecule has 1 atom stereocenters. The maximum Gasteiger partial charge on any atom is 0.208 e. The van der Waals surface area contributed by atoms with Crippen LogP contribution in [0.3, 0.4) is 0 Å². The van der Waals surface area contributed by atoms with Crippen LogP contribution in [0.4, 0.5) is 5.13 Å². The quantitative estimate of drug-likeness (QED) is 0.704. The van der Waals surface area contributed by atoms with Crippen LogP contribution in [-0.4, -0.2) is 36.0 Å². The fraction of sp³-hybridized carbons (Fsp3) is 0.300. The van der Waals surface area contributed by atoms with Crippen LogP contribution in [0.2, 0.25) is 0 Å². The maximum atomic E-state index is 5.95. The van der Waals surface area contributed by atoms with E-state index in [0.29, 0.717) is 0 Å². The summed E-state index contributed by atoms with van der Waals surface area (Å²) < 4.78 is 5.95. The Morgan fingerprint density at radius 3 is 2.44 bits per heavy atom. The van der Waals surface area contributed by atoms with E-state index in [4.69, 9.17) is 4.74 Å². The first-order valence-corrected chi connectivity index (χ1v) is 9.45. The van der Waals surface area contributed by atoms with E-state index in [1.807, 2.05) is 12.1 Å². The Morgan fingerprint density at radius 2 is 1.68 bits per heavy atom. The van der Waals surface area contributed by atoms with Crippen molar-refractivity contribution in [3.63, 3.8) is 0 Å². The normalized spacial score (nSPS) is 17.6. The number of nitrogens with zero attached hydrogens (tertiary/aromatic N) is 3. The molecule has 1 aromatic heterocycles. The lowest BCUT2D eigenvalue weighted by Gasteiger charge is -2.32. The lowest BCUT2D eigenvalue weighted by atomic mass is 10.1. The van der Waals surface area contributed by atoms with E-state index in [9.17, 15) is 0 Å². The molecular formula is C20H21N3OS. The summed E-state index contributed by atoms with van der Waals surface area (Å²) in [5, 5.41) is 10.9. The molecule has 0 N–H and O–H groups in total. The lowest BCUT2D eigenvalue weighted by molar-refractivity contribution is 0.0410. The van der Waals surface area contributed by atoms with Gasteiger partial charge in [-0.15, -0.1) is 10.2 Å². The van der Waals surface area contributed by atoms with Crippen molar-refractivity contribution in [1.82, 2.24) is 10.2 Å². The number of benzene rings is 2. The molecule has 0 saturated carbocycles. The zero-order valence-electron chi connectivity index (χ0n) is 14.0. The maximum absolute atomic E-state index is 5.95. The Morgan fingerprint density at radius 1 is 0.960 bits per heavy atom. The second-order valence-corrected chi connectivity index (χ2v) is 7.31. The number of anilines is 1. The average molecular weight is 351 g/mol. The summed E-state index contributed by atoms with van der Waals surface area (Å²) in [6.45, 7) is 2.49. The zero-order valence-corrected chi connectivity index (χ0v) is 14.9. The van der Waals surface area contributed by atoms with Crippen molar-refractivity contribution < 1.29 is 4.74 Å². The standard InChI is InChI=1S/C20H21N3OS/c1-3-7-16(8-4-1)13-18-15-23(11-12-24-18)20-22-21-19(25-20)14-17-9-5-2-6-10-17/h1-10,18H,11-15H2. The van der Waals surface area contributed by atoms with Crippen molar-refractivity contribution in [2.45, 2.75) is 18.9 Å². The molecule has 1 unspecified atom stereocenters. The Balaban J connectivity index is 1.40. The molecule has 2 aromatic carbocycles. The Kier molecular flexibility index (Phi) is 5.04. The smallest absolute Gasteiger partial charge is 0.208 e. The summed E-state index contributed by atoms with van der Waals surface area (Å²) in [6, 6.07) is 20.9.